The van der Waals surface area contributed by atoms with Crippen LogP contribution in [0.1, 0.15) is 0 Å². The van der Waals surface area contributed by atoms with Gasteiger partial charge in [-0.25, -0.2) is 13.4 Å². The van der Waals surface area contributed by atoms with Gasteiger partial charge in [0.05, 0.1) is 6.20 Å². The van der Waals surface area contributed by atoms with E-state index < -0.39 is 10.0 Å². The van der Waals surface area contributed by atoms with Crippen LogP contribution in [0.4, 0.5) is 0 Å². The summed E-state index contributed by atoms with van der Waals surface area (Å²) in [5.41, 5.74) is 0. The summed E-state index contributed by atoms with van der Waals surface area (Å²) in [6, 6.07) is 6.92. The van der Waals surface area contributed by atoms with Crippen molar-refractivity contribution in [2.45, 2.75) is 4.21 Å². The predicted molar refractivity (Wildman–Crippen MR) is 83.9 cm³/mol. The summed E-state index contributed by atoms with van der Waals surface area (Å²) in [5.74, 6) is 0.592. The summed E-state index contributed by atoms with van der Waals surface area (Å²) < 4.78 is 31.4. The Morgan fingerprint density at radius 2 is 2.14 bits per heavy atom. The second kappa shape index (κ2) is 6.93. The van der Waals surface area contributed by atoms with Gasteiger partial charge >= 0.3 is 0 Å². The molecule has 5 nitrogen and oxygen atoms in total. The van der Waals surface area contributed by atoms with E-state index in [0.717, 1.165) is 11.3 Å². The van der Waals surface area contributed by atoms with E-state index in [2.05, 4.69) is 4.98 Å². The molecule has 0 atom stereocenters. The molecule has 0 bridgehead atoms. The first-order valence-corrected chi connectivity index (χ1v) is 8.87. The van der Waals surface area contributed by atoms with Gasteiger partial charge in [0.1, 0.15) is 12.4 Å². The largest absolute Gasteiger partial charge is 0.492 e. The van der Waals surface area contributed by atoms with Crippen LogP contribution in [0.2, 0.25) is 9.49 Å². The molecule has 0 aliphatic rings. The lowest BCUT2D eigenvalue weighted by molar-refractivity contribution is 0.287. The number of hydrogen-bond donors (Lipinski definition) is 0. The van der Waals surface area contributed by atoms with Gasteiger partial charge in [-0.15, -0.1) is 0 Å². The van der Waals surface area contributed by atoms with Crippen molar-refractivity contribution in [3.05, 3.63) is 40.0 Å². The Balaban J connectivity index is 1.94. The molecule has 21 heavy (non-hydrogen) atoms. The molecule has 0 aliphatic carbocycles. The van der Waals surface area contributed by atoms with Gasteiger partial charge in [-0.3, -0.25) is 0 Å². The molecule has 0 spiro atoms. The Morgan fingerprint density at radius 3 is 2.76 bits per heavy atom. The zero-order valence-corrected chi connectivity index (χ0v) is 14.1. The molecule has 0 aliphatic heterocycles. The van der Waals surface area contributed by atoms with Crippen molar-refractivity contribution in [2.75, 3.05) is 20.2 Å². The third-order valence-corrected chi connectivity index (χ3v) is 6.24. The lowest BCUT2D eigenvalue weighted by Crippen LogP contribution is -2.30. The molecule has 2 rings (SSSR count). The van der Waals surface area contributed by atoms with E-state index in [1.54, 1.807) is 24.3 Å². The molecule has 1 aromatic heterocycles. The quantitative estimate of drug-likeness (QED) is 0.787. The highest BCUT2D eigenvalue weighted by molar-refractivity contribution is 7.91. The van der Waals surface area contributed by atoms with E-state index in [9.17, 15) is 8.42 Å². The van der Waals surface area contributed by atoms with E-state index in [1.165, 1.54) is 17.5 Å². The van der Waals surface area contributed by atoms with Crippen molar-refractivity contribution >= 4 is 44.6 Å². The topological polar surface area (TPSA) is 59.5 Å². The second-order valence-electron chi connectivity index (χ2n) is 4.06. The van der Waals surface area contributed by atoms with Gasteiger partial charge in [-0.2, -0.15) is 4.31 Å². The van der Waals surface area contributed by atoms with E-state index >= 15 is 0 Å². The third kappa shape index (κ3) is 4.31. The first-order valence-electron chi connectivity index (χ1n) is 5.85. The fraction of sp³-hybridized carbons (Fsp3) is 0.250. The van der Waals surface area contributed by atoms with Crippen molar-refractivity contribution in [2.24, 2.45) is 0 Å². The van der Waals surface area contributed by atoms with Crippen molar-refractivity contribution in [1.29, 1.82) is 0 Å². The van der Waals surface area contributed by atoms with Crippen LogP contribution >= 0.6 is 34.5 Å². The van der Waals surface area contributed by atoms with Crippen LogP contribution in [0, 0.1) is 0 Å². The summed E-state index contributed by atoms with van der Waals surface area (Å²) >= 11 is 12.4. The SMILES string of the molecule is CN(CCOc1cccc(Cl)c1)S(=O)(=O)c1cnc(Cl)s1. The number of benzene rings is 1. The standard InChI is InChI=1S/C12H12Cl2N2O3S2/c1-16(21(17,18)11-8-15-12(14)20-11)5-6-19-10-4-2-3-9(13)7-10/h2-4,7-8H,5-6H2,1H3. The van der Waals surface area contributed by atoms with Gasteiger partial charge in [-0.1, -0.05) is 40.6 Å². The molecule has 1 heterocycles. The maximum atomic E-state index is 12.2. The molecule has 0 amide bonds. The van der Waals surface area contributed by atoms with Crippen LogP contribution < -0.4 is 4.74 Å². The van der Waals surface area contributed by atoms with Gasteiger partial charge in [0.15, 0.2) is 8.68 Å². The Hall–Kier alpha value is -0.860. The van der Waals surface area contributed by atoms with Gasteiger partial charge < -0.3 is 4.74 Å². The first-order chi connectivity index (χ1) is 9.89. The molecule has 0 radical (unpaired) electrons. The average Bonchev–Trinajstić information content (AvgIpc) is 2.86. The summed E-state index contributed by atoms with van der Waals surface area (Å²) in [6.45, 7) is 0.410. The van der Waals surface area contributed by atoms with Crippen LogP contribution in [0.25, 0.3) is 0 Å². The van der Waals surface area contributed by atoms with Gasteiger partial charge in [0, 0.05) is 18.6 Å². The maximum absolute atomic E-state index is 12.2. The zero-order valence-electron chi connectivity index (χ0n) is 11.0. The van der Waals surface area contributed by atoms with Crippen molar-refractivity contribution in [1.82, 2.24) is 9.29 Å². The number of sulfonamides is 1. The van der Waals surface area contributed by atoms with E-state index in [1.807, 2.05) is 0 Å². The summed E-state index contributed by atoms with van der Waals surface area (Å²) in [4.78, 5) is 3.74. The van der Waals surface area contributed by atoms with Gasteiger partial charge in [-0.05, 0) is 18.2 Å². The van der Waals surface area contributed by atoms with Gasteiger partial charge in [0.25, 0.3) is 10.0 Å². The number of aromatic nitrogens is 1. The molecule has 0 unspecified atom stereocenters. The summed E-state index contributed by atoms with van der Waals surface area (Å²) in [5, 5.41) is 0.563. The summed E-state index contributed by atoms with van der Waals surface area (Å²) in [7, 11) is -2.11. The smallest absolute Gasteiger partial charge is 0.254 e. The Bertz CT molecular complexity index is 719. The minimum atomic E-state index is -3.58. The number of halogens is 2. The van der Waals surface area contributed by atoms with Crippen molar-refractivity contribution < 1.29 is 13.2 Å². The maximum Gasteiger partial charge on any atom is 0.254 e. The average molecular weight is 367 g/mol. The number of rotatable bonds is 6. The number of hydrogen-bond acceptors (Lipinski definition) is 5. The van der Waals surface area contributed by atoms with Crippen LogP contribution in [0.5, 0.6) is 5.75 Å². The molecular formula is C12H12Cl2N2O3S2. The molecule has 114 valence electrons. The van der Waals surface area contributed by atoms with Crippen LogP contribution in [-0.2, 0) is 10.0 Å². The van der Waals surface area contributed by atoms with E-state index in [-0.39, 0.29) is 21.8 Å². The molecule has 2 aromatic rings. The highest BCUT2D eigenvalue weighted by Gasteiger charge is 2.23. The van der Waals surface area contributed by atoms with E-state index in [4.69, 9.17) is 27.9 Å². The van der Waals surface area contributed by atoms with Crippen molar-refractivity contribution in [3.63, 3.8) is 0 Å². The monoisotopic (exact) mass is 366 g/mol. The Labute approximate surface area is 137 Å². The fourth-order valence-electron chi connectivity index (χ4n) is 1.48. The van der Waals surface area contributed by atoms with Gasteiger partial charge in [0.2, 0.25) is 0 Å². The van der Waals surface area contributed by atoms with Crippen molar-refractivity contribution in [3.8, 4) is 5.75 Å². The lowest BCUT2D eigenvalue weighted by atomic mass is 10.3. The minimum Gasteiger partial charge on any atom is -0.492 e. The highest BCUT2D eigenvalue weighted by atomic mass is 35.5. The number of thiazole rings is 1. The number of likely N-dealkylation sites (N-methyl/N-ethyl adjacent to an activating group) is 1. The molecule has 0 N–H and O–H groups in total. The fourth-order valence-corrected chi connectivity index (χ4v) is 4.32. The number of nitrogens with zero attached hydrogens (tertiary/aromatic N) is 2. The Kier molecular flexibility index (Phi) is 5.45. The molecular weight excluding hydrogens is 355 g/mol. The highest BCUT2D eigenvalue weighted by Crippen LogP contribution is 2.24. The molecule has 9 heteroatoms. The minimum absolute atomic E-state index is 0.109. The third-order valence-electron chi connectivity index (χ3n) is 2.59. The first kappa shape index (κ1) is 16.5. The molecule has 0 saturated heterocycles. The van der Waals surface area contributed by atoms with Crippen LogP contribution in [0.15, 0.2) is 34.7 Å². The lowest BCUT2D eigenvalue weighted by Gasteiger charge is -2.16. The molecule has 1 aromatic carbocycles. The normalized spacial score (nSPS) is 11.8. The molecule has 0 fully saturated rings. The molecule has 0 saturated carbocycles. The van der Waals surface area contributed by atoms with Crippen LogP contribution in [0.3, 0.4) is 0 Å². The Morgan fingerprint density at radius 1 is 1.38 bits per heavy atom. The number of ether oxygens (including phenoxy) is 1. The predicted octanol–water partition coefficient (Wildman–Crippen LogP) is 3.15. The van der Waals surface area contributed by atoms with E-state index in [0.29, 0.717) is 10.8 Å². The second-order valence-corrected chi connectivity index (χ2v) is 8.39. The summed E-state index contributed by atoms with van der Waals surface area (Å²) in [6.07, 6.45) is 1.25. The zero-order chi connectivity index (χ0) is 15.5. The van der Waals surface area contributed by atoms with Crippen LogP contribution in [-0.4, -0.2) is 37.9 Å².